The van der Waals surface area contributed by atoms with Gasteiger partial charge in [-0.3, -0.25) is 0 Å². The Balaban J connectivity index is 2.52. The molecule has 1 heterocycles. The molecule has 1 aromatic rings. The molecule has 0 saturated carbocycles. The van der Waals surface area contributed by atoms with Crippen molar-refractivity contribution < 1.29 is 28.5 Å². The lowest BCUT2D eigenvalue weighted by Crippen LogP contribution is -2.13. The fourth-order valence-electron chi connectivity index (χ4n) is 0.882. The van der Waals surface area contributed by atoms with Crippen LogP contribution in [-0.4, -0.2) is 35.7 Å². The van der Waals surface area contributed by atoms with E-state index in [9.17, 15) is 9.59 Å². The summed E-state index contributed by atoms with van der Waals surface area (Å²) < 4.78 is 18.4. The van der Waals surface area contributed by atoms with E-state index < -0.39 is 12.3 Å². The monoisotopic (exact) mass is 256 g/mol. The molecule has 0 N–H and O–H groups in total. The summed E-state index contributed by atoms with van der Waals surface area (Å²) in [6, 6.07) is 2.61. The van der Waals surface area contributed by atoms with E-state index >= 15 is 0 Å². The molecule has 0 amide bonds. The van der Waals surface area contributed by atoms with Crippen molar-refractivity contribution in [3.63, 3.8) is 0 Å². The molecule has 8 heteroatoms. The quantitative estimate of drug-likeness (QED) is 0.748. The Labute approximate surface area is 103 Å². The minimum absolute atomic E-state index is 0.0651. The first-order chi connectivity index (χ1) is 8.65. The normalized spacial score (nSPS) is 9.44. The van der Waals surface area contributed by atoms with Crippen molar-refractivity contribution in [3.8, 4) is 11.8 Å². The smallest absolute Gasteiger partial charge is 0.434 e. The molecule has 1 rings (SSSR count). The number of hydrogen-bond donors (Lipinski definition) is 0. The topological polar surface area (TPSA) is 96.8 Å². The molecule has 0 aliphatic carbocycles. The Morgan fingerprint density at radius 3 is 1.61 bits per heavy atom. The fourth-order valence-corrected chi connectivity index (χ4v) is 0.882. The van der Waals surface area contributed by atoms with Crippen molar-refractivity contribution in [2.24, 2.45) is 0 Å². The molecule has 0 spiro atoms. The third kappa shape index (κ3) is 4.64. The number of nitrogens with zero attached hydrogens (tertiary/aromatic N) is 2. The van der Waals surface area contributed by atoms with E-state index in [1.165, 1.54) is 12.1 Å². The summed E-state index contributed by atoms with van der Waals surface area (Å²) in [6.07, 6.45) is -1.77. The third-order valence-electron chi connectivity index (χ3n) is 1.52. The first kappa shape index (κ1) is 13.7. The molecule has 0 aliphatic rings. The van der Waals surface area contributed by atoms with Crippen molar-refractivity contribution >= 4 is 12.3 Å². The van der Waals surface area contributed by atoms with Crippen LogP contribution in [0.1, 0.15) is 13.8 Å². The SMILES string of the molecule is CCOC(=O)Oc1ccc(OC(=O)OCC)nn1. The lowest BCUT2D eigenvalue weighted by molar-refractivity contribution is 0.0983. The molecule has 0 aliphatic heterocycles. The van der Waals surface area contributed by atoms with Crippen LogP contribution in [0.2, 0.25) is 0 Å². The van der Waals surface area contributed by atoms with Crippen LogP contribution < -0.4 is 9.47 Å². The van der Waals surface area contributed by atoms with Gasteiger partial charge in [0.2, 0.25) is 11.8 Å². The summed E-state index contributed by atoms with van der Waals surface area (Å²) in [5, 5.41) is 7.02. The van der Waals surface area contributed by atoms with Gasteiger partial charge in [0, 0.05) is 12.1 Å². The van der Waals surface area contributed by atoms with E-state index in [4.69, 9.17) is 0 Å². The second kappa shape index (κ2) is 7.05. The van der Waals surface area contributed by atoms with Gasteiger partial charge in [0.1, 0.15) is 0 Å². The van der Waals surface area contributed by atoms with Gasteiger partial charge in [-0.1, -0.05) is 0 Å². The molecular formula is C10H12N2O6. The summed E-state index contributed by atoms with van der Waals surface area (Å²) in [5.74, 6) is -0.130. The Bertz CT molecular complexity index is 366. The van der Waals surface area contributed by atoms with E-state index in [0.717, 1.165) is 0 Å². The molecule has 1 aromatic heterocycles. The standard InChI is InChI=1S/C10H12N2O6/c1-3-15-9(13)17-7-5-6-8(12-11-7)18-10(14)16-4-2/h5-6H,3-4H2,1-2H3. The van der Waals surface area contributed by atoms with Crippen LogP contribution in [0.4, 0.5) is 9.59 Å². The zero-order chi connectivity index (χ0) is 13.4. The maximum Gasteiger partial charge on any atom is 0.515 e. The minimum Gasteiger partial charge on any atom is -0.434 e. The molecule has 0 fully saturated rings. The van der Waals surface area contributed by atoms with Crippen LogP contribution in [0.5, 0.6) is 11.8 Å². The highest BCUT2D eigenvalue weighted by Crippen LogP contribution is 2.11. The number of carbonyl (C=O) groups is 2. The molecule has 8 nitrogen and oxygen atoms in total. The van der Waals surface area contributed by atoms with Gasteiger partial charge in [-0.05, 0) is 13.8 Å². The second-order valence-corrected chi connectivity index (χ2v) is 2.78. The van der Waals surface area contributed by atoms with E-state index in [0.29, 0.717) is 0 Å². The first-order valence-electron chi connectivity index (χ1n) is 5.18. The number of hydrogen-bond acceptors (Lipinski definition) is 8. The number of carbonyl (C=O) groups excluding carboxylic acids is 2. The van der Waals surface area contributed by atoms with E-state index in [1.807, 2.05) is 0 Å². The molecule has 0 radical (unpaired) electrons. The van der Waals surface area contributed by atoms with Crippen LogP contribution in [0.3, 0.4) is 0 Å². The van der Waals surface area contributed by atoms with Crippen molar-refractivity contribution in [2.45, 2.75) is 13.8 Å². The zero-order valence-corrected chi connectivity index (χ0v) is 9.91. The van der Waals surface area contributed by atoms with E-state index in [1.54, 1.807) is 13.8 Å². The van der Waals surface area contributed by atoms with Gasteiger partial charge in [0.25, 0.3) is 0 Å². The molecule has 0 saturated heterocycles. The average molecular weight is 256 g/mol. The van der Waals surface area contributed by atoms with Gasteiger partial charge < -0.3 is 18.9 Å². The summed E-state index contributed by atoms with van der Waals surface area (Å²) in [5.41, 5.74) is 0. The Morgan fingerprint density at radius 2 is 1.33 bits per heavy atom. The van der Waals surface area contributed by atoms with E-state index in [-0.39, 0.29) is 25.0 Å². The highest BCUT2D eigenvalue weighted by Gasteiger charge is 2.09. The maximum absolute atomic E-state index is 10.9. The highest BCUT2D eigenvalue weighted by atomic mass is 16.7. The van der Waals surface area contributed by atoms with Crippen LogP contribution in [0.25, 0.3) is 0 Å². The molecule has 18 heavy (non-hydrogen) atoms. The highest BCUT2D eigenvalue weighted by molar-refractivity contribution is 5.63. The van der Waals surface area contributed by atoms with Gasteiger partial charge in [-0.2, -0.15) is 0 Å². The van der Waals surface area contributed by atoms with Crippen molar-refractivity contribution in [3.05, 3.63) is 12.1 Å². The van der Waals surface area contributed by atoms with Crippen molar-refractivity contribution in [2.75, 3.05) is 13.2 Å². The first-order valence-corrected chi connectivity index (χ1v) is 5.18. The molecule has 0 unspecified atom stereocenters. The van der Waals surface area contributed by atoms with Gasteiger partial charge in [0.15, 0.2) is 0 Å². The van der Waals surface area contributed by atoms with Crippen LogP contribution in [0, 0.1) is 0 Å². The summed E-state index contributed by atoms with van der Waals surface area (Å²) >= 11 is 0. The predicted molar refractivity (Wildman–Crippen MR) is 57.3 cm³/mol. The second-order valence-electron chi connectivity index (χ2n) is 2.78. The number of rotatable bonds is 4. The Hall–Kier alpha value is -2.38. The Kier molecular flexibility index (Phi) is 5.36. The van der Waals surface area contributed by atoms with Crippen LogP contribution in [0.15, 0.2) is 12.1 Å². The van der Waals surface area contributed by atoms with Crippen molar-refractivity contribution in [1.29, 1.82) is 0 Å². The van der Waals surface area contributed by atoms with Crippen LogP contribution in [-0.2, 0) is 9.47 Å². The van der Waals surface area contributed by atoms with E-state index in [2.05, 4.69) is 29.1 Å². The lowest BCUT2D eigenvalue weighted by atomic mass is 10.5. The molecule has 0 atom stereocenters. The third-order valence-corrected chi connectivity index (χ3v) is 1.52. The van der Waals surface area contributed by atoms with Gasteiger partial charge in [0.05, 0.1) is 13.2 Å². The minimum atomic E-state index is -0.883. The summed E-state index contributed by atoms with van der Waals surface area (Å²) in [4.78, 5) is 21.9. The Morgan fingerprint density at radius 1 is 0.944 bits per heavy atom. The number of aromatic nitrogens is 2. The summed E-state index contributed by atoms with van der Waals surface area (Å²) in [6.45, 7) is 3.67. The van der Waals surface area contributed by atoms with Gasteiger partial charge >= 0.3 is 12.3 Å². The largest absolute Gasteiger partial charge is 0.515 e. The number of ether oxygens (including phenoxy) is 4. The van der Waals surface area contributed by atoms with Gasteiger partial charge in [-0.15, -0.1) is 10.2 Å². The average Bonchev–Trinajstić information content (AvgIpc) is 2.32. The molecule has 98 valence electrons. The predicted octanol–water partition coefficient (Wildman–Crippen LogP) is 1.55. The maximum atomic E-state index is 10.9. The van der Waals surface area contributed by atoms with Crippen molar-refractivity contribution in [1.82, 2.24) is 10.2 Å². The zero-order valence-electron chi connectivity index (χ0n) is 9.91. The molecular weight excluding hydrogens is 244 g/mol. The summed E-state index contributed by atoms with van der Waals surface area (Å²) in [7, 11) is 0. The van der Waals surface area contributed by atoms with Gasteiger partial charge in [-0.25, -0.2) is 9.59 Å². The fraction of sp³-hybridized carbons (Fsp3) is 0.400. The molecule has 0 bridgehead atoms. The lowest BCUT2D eigenvalue weighted by Gasteiger charge is -2.04. The van der Waals surface area contributed by atoms with Crippen LogP contribution >= 0.6 is 0 Å². The molecule has 0 aromatic carbocycles.